The molecule has 0 aliphatic heterocycles. The average Bonchev–Trinajstić information content (AvgIpc) is 2.67. The number of aromatic nitrogens is 1. The van der Waals surface area contributed by atoms with Crippen LogP contribution in [0.1, 0.15) is 35.5 Å². The van der Waals surface area contributed by atoms with E-state index in [2.05, 4.69) is 25.8 Å². The lowest BCUT2D eigenvalue weighted by atomic mass is 10.1. The Kier molecular flexibility index (Phi) is 4.55. The fourth-order valence-corrected chi connectivity index (χ4v) is 4.69. The molecule has 1 atom stereocenters. The van der Waals surface area contributed by atoms with E-state index in [0.717, 1.165) is 11.1 Å². The third-order valence-electron chi connectivity index (χ3n) is 3.23. The predicted molar refractivity (Wildman–Crippen MR) is 83.6 cm³/mol. The molecular formula is C14H17BrN2O3S. The van der Waals surface area contributed by atoms with Crippen molar-refractivity contribution in [2.24, 2.45) is 0 Å². The number of nitrogens with zero attached hydrogens (tertiary/aromatic N) is 1. The highest BCUT2D eigenvalue weighted by Gasteiger charge is 2.24. The molecule has 1 heterocycles. The van der Waals surface area contributed by atoms with Crippen molar-refractivity contribution in [2.75, 3.05) is 0 Å². The van der Waals surface area contributed by atoms with Crippen LogP contribution >= 0.6 is 15.9 Å². The molecule has 2 aromatic rings. The van der Waals surface area contributed by atoms with Crippen LogP contribution in [0.2, 0.25) is 0 Å². The van der Waals surface area contributed by atoms with Gasteiger partial charge in [-0.1, -0.05) is 11.2 Å². The van der Waals surface area contributed by atoms with Gasteiger partial charge in [-0.05, 0) is 61.3 Å². The molecular weight excluding hydrogens is 356 g/mol. The summed E-state index contributed by atoms with van der Waals surface area (Å²) in [5.41, 5.74) is 2.44. The first-order valence-corrected chi connectivity index (χ1v) is 8.71. The SMILES string of the molecule is Cc1ccc(S(=O)(=O)NC(C)c2c(C)noc2C)c(Br)c1. The Morgan fingerprint density at radius 3 is 2.48 bits per heavy atom. The van der Waals surface area contributed by atoms with Gasteiger partial charge in [0.2, 0.25) is 10.0 Å². The molecule has 7 heteroatoms. The number of halogens is 1. The highest BCUT2D eigenvalue weighted by molar-refractivity contribution is 9.10. The molecule has 0 spiro atoms. The van der Waals surface area contributed by atoms with E-state index in [0.29, 0.717) is 15.9 Å². The second kappa shape index (κ2) is 5.90. The van der Waals surface area contributed by atoms with E-state index >= 15 is 0 Å². The van der Waals surface area contributed by atoms with Gasteiger partial charge < -0.3 is 4.52 Å². The second-order valence-electron chi connectivity index (χ2n) is 5.01. The summed E-state index contributed by atoms with van der Waals surface area (Å²) >= 11 is 3.30. The monoisotopic (exact) mass is 372 g/mol. The van der Waals surface area contributed by atoms with E-state index in [1.807, 2.05) is 6.92 Å². The number of hydrogen-bond acceptors (Lipinski definition) is 4. The summed E-state index contributed by atoms with van der Waals surface area (Å²) in [5.74, 6) is 0.616. The number of sulfonamides is 1. The lowest BCUT2D eigenvalue weighted by Crippen LogP contribution is -2.27. The number of benzene rings is 1. The zero-order chi connectivity index (χ0) is 15.8. The molecule has 0 radical (unpaired) electrons. The Labute approximate surface area is 132 Å². The summed E-state index contributed by atoms with van der Waals surface area (Å²) in [6.45, 7) is 7.23. The predicted octanol–water partition coefficient (Wildman–Crippen LogP) is 3.40. The number of aryl methyl sites for hydroxylation is 3. The first-order valence-electron chi connectivity index (χ1n) is 6.43. The molecule has 1 aromatic carbocycles. The maximum absolute atomic E-state index is 12.5. The van der Waals surface area contributed by atoms with Crippen LogP contribution in [0.3, 0.4) is 0 Å². The first kappa shape index (κ1) is 16.2. The Balaban J connectivity index is 2.33. The van der Waals surface area contributed by atoms with E-state index < -0.39 is 16.1 Å². The van der Waals surface area contributed by atoms with Crippen molar-refractivity contribution >= 4 is 26.0 Å². The van der Waals surface area contributed by atoms with Crippen LogP contribution in [0, 0.1) is 20.8 Å². The average molecular weight is 373 g/mol. The first-order chi connectivity index (χ1) is 9.72. The van der Waals surface area contributed by atoms with Crippen molar-refractivity contribution in [1.82, 2.24) is 9.88 Å². The summed E-state index contributed by atoms with van der Waals surface area (Å²) in [6, 6.07) is 4.70. The molecule has 0 aliphatic carbocycles. The fraction of sp³-hybridized carbons (Fsp3) is 0.357. The molecule has 21 heavy (non-hydrogen) atoms. The third-order valence-corrected chi connectivity index (χ3v) is 5.75. The lowest BCUT2D eigenvalue weighted by Gasteiger charge is -2.15. The van der Waals surface area contributed by atoms with Gasteiger partial charge in [-0.2, -0.15) is 0 Å². The normalized spacial score (nSPS) is 13.4. The Morgan fingerprint density at radius 2 is 1.95 bits per heavy atom. The van der Waals surface area contributed by atoms with Crippen molar-refractivity contribution < 1.29 is 12.9 Å². The number of hydrogen-bond donors (Lipinski definition) is 1. The smallest absolute Gasteiger partial charge is 0.242 e. The highest BCUT2D eigenvalue weighted by atomic mass is 79.9. The van der Waals surface area contributed by atoms with Crippen molar-refractivity contribution in [2.45, 2.75) is 38.6 Å². The highest BCUT2D eigenvalue weighted by Crippen LogP contribution is 2.26. The van der Waals surface area contributed by atoms with Gasteiger partial charge in [0, 0.05) is 16.1 Å². The summed E-state index contributed by atoms with van der Waals surface area (Å²) < 4.78 is 33.3. The molecule has 1 unspecified atom stereocenters. The molecule has 0 amide bonds. The topological polar surface area (TPSA) is 72.2 Å². The Hall–Kier alpha value is -1.18. The van der Waals surface area contributed by atoms with Gasteiger partial charge >= 0.3 is 0 Å². The molecule has 1 aromatic heterocycles. The molecule has 0 bridgehead atoms. The molecule has 2 rings (SSSR count). The standard InChI is InChI=1S/C14H17BrN2O3S/c1-8-5-6-13(12(15)7-8)21(18,19)17-10(3)14-9(2)16-20-11(14)4/h5-7,10,17H,1-4H3. The van der Waals surface area contributed by atoms with Crippen molar-refractivity contribution in [3.63, 3.8) is 0 Å². The van der Waals surface area contributed by atoms with E-state index in [9.17, 15) is 8.42 Å². The summed E-state index contributed by atoms with van der Waals surface area (Å²) in [5, 5.41) is 3.85. The summed E-state index contributed by atoms with van der Waals surface area (Å²) in [6.07, 6.45) is 0. The fourth-order valence-electron chi connectivity index (χ4n) is 2.29. The van der Waals surface area contributed by atoms with E-state index in [1.165, 1.54) is 0 Å². The van der Waals surface area contributed by atoms with Crippen molar-refractivity contribution in [3.8, 4) is 0 Å². The van der Waals surface area contributed by atoms with Crippen LogP contribution in [0.25, 0.3) is 0 Å². The van der Waals surface area contributed by atoms with Gasteiger partial charge in [-0.3, -0.25) is 0 Å². The van der Waals surface area contributed by atoms with Gasteiger partial charge in [0.15, 0.2) is 0 Å². The number of rotatable bonds is 4. The van der Waals surface area contributed by atoms with Gasteiger partial charge in [-0.15, -0.1) is 0 Å². The van der Waals surface area contributed by atoms with Crippen LogP contribution in [0.5, 0.6) is 0 Å². The van der Waals surface area contributed by atoms with Gasteiger partial charge in [0.05, 0.1) is 10.6 Å². The molecule has 5 nitrogen and oxygen atoms in total. The van der Waals surface area contributed by atoms with Crippen molar-refractivity contribution in [1.29, 1.82) is 0 Å². The van der Waals surface area contributed by atoms with Gasteiger partial charge in [0.25, 0.3) is 0 Å². The number of nitrogens with one attached hydrogen (secondary N) is 1. The molecule has 0 saturated heterocycles. The second-order valence-corrected chi connectivity index (χ2v) is 7.55. The zero-order valence-electron chi connectivity index (χ0n) is 12.3. The summed E-state index contributed by atoms with van der Waals surface area (Å²) in [4.78, 5) is 0.215. The minimum atomic E-state index is -3.63. The molecule has 0 aliphatic rings. The van der Waals surface area contributed by atoms with Crippen LogP contribution < -0.4 is 4.72 Å². The molecule has 0 fully saturated rings. The van der Waals surface area contributed by atoms with E-state index in [-0.39, 0.29) is 4.90 Å². The van der Waals surface area contributed by atoms with Crippen LogP contribution in [-0.4, -0.2) is 13.6 Å². The van der Waals surface area contributed by atoms with Gasteiger partial charge in [-0.25, -0.2) is 13.1 Å². The molecule has 114 valence electrons. The van der Waals surface area contributed by atoms with Crippen LogP contribution in [0.15, 0.2) is 32.1 Å². The zero-order valence-corrected chi connectivity index (χ0v) is 14.7. The third kappa shape index (κ3) is 3.36. The van der Waals surface area contributed by atoms with Gasteiger partial charge in [0.1, 0.15) is 5.76 Å². The Morgan fingerprint density at radius 1 is 1.29 bits per heavy atom. The summed E-state index contributed by atoms with van der Waals surface area (Å²) in [7, 11) is -3.63. The lowest BCUT2D eigenvalue weighted by molar-refractivity contribution is 0.391. The maximum Gasteiger partial charge on any atom is 0.242 e. The van der Waals surface area contributed by atoms with Crippen LogP contribution in [0.4, 0.5) is 0 Å². The molecule has 1 N–H and O–H groups in total. The minimum Gasteiger partial charge on any atom is -0.361 e. The maximum atomic E-state index is 12.5. The van der Waals surface area contributed by atoms with Crippen LogP contribution in [-0.2, 0) is 10.0 Å². The largest absolute Gasteiger partial charge is 0.361 e. The minimum absolute atomic E-state index is 0.215. The molecule has 0 saturated carbocycles. The van der Waals surface area contributed by atoms with E-state index in [1.54, 1.807) is 39.0 Å². The quantitative estimate of drug-likeness (QED) is 0.892. The van der Waals surface area contributed by atoms with E-state index in [4.69, 9.17) is 4.52 Å². The van der Waals surface area contributed by atoms with Crippen molar-refractivity contribution in [3.05, 3.63) is 45.3 Å². The Bertz CT molecular complexity index is 749.